The first kappa shape index (κ1) is 7.62. The van der Waals surface area contributed by atoms with E-state index in [2.05, 4.69) is 12.2 Å². The van der Waals surface area contributed by atoms with E-state index < -0.39 is 0 Å². The third kappa shape index (κ3) is 1.43. The van der Waals surface area contributed by atoms with Crippen molar-refractivity contribution in [3.05, 3.63) is 36.3 Å². The van der Waals surface area contributed by atoms with Crippen molar-refractivity contribution in [3.8, 4) is 0 Å². The highest BCUT2D eigenvalue weighted by atomic mass is 16.5. The van der Waals surface area contributed by atoms with E-state index in [1.54, 1.807) is 6.26 Å². The van der Waals surface area contributed by atoms with Gasteiger partial charge in [-0.2, -0.15) is 0 Å². The maximum Gasteiger partial charge on any atom is 0.132 e. The Hall–Kier alpha value is -1.02. The van der Waals surface area contributed by atoms with Crippen molar-refractivity contribution >= 4 is 0 Å². The number of hydrogen-bond donors (Lipinski definition) is 0. The van der Waals surface area contributed by atoms with Gasteiger partial charge in [0, 0.05) is 0 Å². The number of ether oxygens (including phenoxy) is 1. The zero-order valence-corrected chi connectivity index (χ0v) is 7.07. The molecular weight excluding hydrogens is 152 g/mol. The first-order chi connectivity index (χ1) is 5.86. The Kier molecular flexibility index (Phi) is 2.00. The average molecular weight is 164 g/mol. The lowest BCUT2D eigenvalue weighted by atomic mass is 10.1. The van der Waals surface area contributed by atoms with Crippen LogP contribution < -0.4 is 0 Å². The van der Waals surface area contributed by atoms with E-state index in [9.17, 15) is 0 Å². The molecule has 0 amide bonds. The van der Waals surface area contributed by atoms with Gasteiger partial charge in [-0.3, -0.25) is 0 Å². The van der Waals surface area contributed by atoms with Gasteiger partial charge in [0.05, 0.1) is 12.4 Å². The molecule has 2 heteroatoms. The molecule has 1 aliphatic rings. The van der Waals surface area contributed by atoms with E-state index in [-0.39, 0.29) is 12.2 Å². The molecule has 0 N–H and O–H groups in total. The summed E-state index contributed by atoms with van der Waals surface area (Å²) in [6, 6.07) is 3.85. The highest BCUT2D eigenvalue weighted by molar-refractivity contribution is 5.07. The number of furan rings is 1. The van der Waals surface area contributed by atoms with Gasteiger partial charge in [0.25, 0.3) is 0 Å². The largest absolute Gasteiger partial charge is 0.467 e. The van der Waals surface area contributed by atoms with E-state index in [4.69, 9.17) is 9.15 Å². The standard InChI is InChI=1S/C10H12O2/c1-8-4-2-5-10(12-8)9-6-3-7-11-9/h2-4,6-8,10H,5H2,1H3/t8-,10+/m0/s1. The predicted octanol–water partition coefficient (Wildman–Crippen LogP) is 2.69. The van der Waals surface area contributed by atoms with E-state index in [1.165, 1.54) is 0 Å². The molecule has 1 aliphatic heterocycles. The normalized spacial score (nSPS) is 29.1. The van der Waals surface area contributed by atoms with Gasteiger partial charge in [-0.05, 0) is 25.5 Å². The Labute approximate surface area is 71.8 Å². The Morgan fingerprint density at radius 1 is 1.50 bits per heavy atom. The smallest absolute Gasteiger partial charge is 0.132 e. The molecule has 2 atom stereocenters. The molecule has 12 heavy (non-hydrogen) atoms. The third-order valence-corrected chi connectivity index (χ3v) is 2.00. The molecule has 0 bridgehead atoms. The first-order valence-electron chi connectivity index (χ1n) is 4.22. The molecule has 2 heterocycles. The summed E-state index contributed by atoms with van der Waals surface area (Å²) in [5.41, 5.74) is 0. The van der Waals surface area contributed by atoms with Gasteiger partial charge in [-0.25, -0.2) is 0 Å². The molecule has 0 aromatic carbocycles. The van der Waals surface area contributed by atoms with Crippen LogP contribution >= 0.6 is 0 Å². The van der Waals surface area contributed by atoms with E-state index in [1.807, 2.05) is 19.1 Å². The number of rotatable bonds is 1. The topological polar surface area (TPSA) is 22.4 Å². The van der Waals surface area contributed by atoms with Crippen LogP contribution in [0.1, 0.15) is 25.2 Å². The fraction of sp³-hybridized carbons (Fsp3) is 0.400. The summed E-state index contributed by atoms with van der Waals surface area (Å²) in [7, 11) is 0. The SMILES string of the molecule is C[C@H]1C=CC[C@H](c2ccco2)O1. The van der Waals surface area contributed by atoms with Crippen LogP contribution in [0.2, 0.25) is 0 Å². The summed E-state index contributed by atoms with van der Waals surface area (Å²) in [5.74, 6) is 0.922. The van der Waals surface area contributed by atoms with Gasteiger partial charge in [-0.15, -0.1) is 0 Å². The van der Waals surface area contributed by atoms with Gasteiger partial charge < -0.3 is 9.15 Å². The molecular formula is C10H12O2. The van der Waals surface area contributed by atoms with Crippen LogP contribution in [0, 0.1) is 0 Å². The first-order valence-corrected chi connectivity index (χ1v) is 4.22. The molecule has 2 rings (SSSR count). The molecule has 0 radical (unpaired) electrons. The molecule has 0 spiro atoms. The Bertz CT molecular complexity index is 261. The van der Waals surface area contributed by atoms with E-state index in [0.29, 0.717) is 0 Å². The second kappa shape index (κ2) is 3.15. The van der Waals surface area contributed by atoms with Crippen molar-refractivity contribution in [3.63, 3.8) is 0 Å². The quantitative estimate of drug-likeness (QED) is 0.595. The summed E-state index contributed by atoms with van der Waals surface area (Å²) in [4.78, 5) is 0. The lowest BCUT2D eigenvalue weighted by Crippen LogP contribution is -2.14. The third-order valence-electron chi connectivity index (χ3n) is 2.00. The van der Waals surface area contributed by atoms with Crippen molar-refractivity contribution < 1.29 is 9.15 Å². The van der Waals surface area contributed by atoms with Gasteiger partial charge in [0.15, 0.2) is 0 Å². The van der Waals surface area contributed by atoms with Crippen molar-refractivity contribution in [1.82, 2.24) is 0 Å². The fourth-order valence-electron chi connectivity index (χ4n) is 1.41. The van der Waals surface area contributed by atoms with Crippen molar-refractivity contribution in [2.24, 2.45) is 0 Å². The monoisotopic (exact) mass is 164 g/mol. The summed E-state index contributed by atoms with van der Waals surface area (Å²) in [6.07, 6.45) is 7.12. The average Bonchev–Trinajstić information content (AvgIpc) is 2.56. The maximum atomic E-state index is 5.65. The molecule has 1 aromatic heterocycles. The minimum Gasteiger partial charge on any atom is -0.467 e. The van der Waals surface area contributed by atoms with Crippen LogP contribution in [0.5, 0.6) is 0 Å². The number of hydrogen-bond acceptors (Lipinski definition) is 2. The highest BCUT2D eigenvalue weighted by Gasteiger charge is 2.18. The Balaban J connectivity index is 2.12. The lowest BCUT2D eigenvalue weighted by Gasteiger charge is -2.21. The summed E-state index contributed by atoms with van der Waals surface area (Å²) in [6.45, 7) is 2.03. The van der Waals surface area contributed by atoms with E-state index >= 15 is 0 Å². The zero-order chi connectivity index (χ0) is 8.39. The van der Waals surface area contributed by atoms with Gasteiger partial charge in [0.2, 0.25) is 0 Å². The molecule has 0 fully saturated rings. The van der Waals surface area contributed by atoms with Gasteiger partial charge >= 0.3 is 0 Å². The van der Waals surface area contributed by atoms with E-state index in [0.717, 1.165) is 12.2 Å². The molecule has 2 nitrogen and oxygen atoms in total. The van der Waals surface area contributed by atoms with Crippen LogP contribution in [0.4, 0.5) is 0 Å². The van der Waals surface area contributed by atoms with Crippen LogP contribution in [0.15, 0.2) is 35.0 Å². The maximum absolute atomic E-state index is 5.65. The highest BCUT2D eigenvalue weighted by Crippen LogP contribution is 2.27. The molecule has 0 saturated heterocycles. The van der Waals surface area contributed by atoms with Gasteiger partial charge in [-0.1, -0.05) is 12.2 Å². The Morgan fingerprint density at radius 2 is 2.42 bits per heavy atom. The minimum absolute atomic E-state index is 0.111. The van der Waals surface area contributed by atoms with Crippen molar-refractivity contribution in [1.29, 1.82) is 0 Å². The summed E-state index contributed by atoms with van der Waals surface area (Å²) >= 11 is 0. The van der Waals surface area contributed by atoms with Crippen molar-refractivity contribution in [2.45, 2.75) is 25.6 Å². The lowest BCUT2D eigenvalue weighted by molar-refractivity contribution is 0.00198. The zero-order valence-electron chi connectivity index (χ0n) is 7.07. The Morgan fingerprint density at radius 3 is 3.08 bits per heavy atom. The molecule has 1 aromatic rings. The molecule has 0 saturated carbocycles. The minimum atomic E-state index is 0.111. The van der Waals surface area contributed by atoms with Crippen LogP contribution in [0.3, 0.4) is 0 Å². The molecule has 0 aliphatic carbocycles. The van der Waals surface area contributed by atoms with Crippen LogP contribution in [-0.2, 0) is 4.74 Å². The van der Waals surface area contributed by atoms with Crippen molar-refractivity contribution in [2.75, 3.05) is 0 Å². The second-order valence-electron chi connectivity index (χ2n) is 3.01. The predicted molar refractivity (Wildman–Crippen MR) is 45.8 cm³/mol. The molecule has 0 unspecified atom stereocenters. The molecule has 64 valence electrons. The second-order valence-corrected chi connectivity index (χ2v) is 3.01. The van der Waals surface area contributed by atoms with Crippen LogP contribution in [-0.4, -0.2) is 6.10 Å². The summed E-state index contributed by atoms with van der Waals surface area (Å²) in [5, 5.41) is 0. The van der Waals surface area contributed by atoms with Gasteiger partial charge in [0.1, 0.15) is 11.9 Å². The fourth-order valence-corrected chi connectivity index (χ4v) is 1.41. The summed E-state index contributed by atoms with van der Waals surface area (Å²) < 4.78 is 10.9. The van der Waals surface area contributed by atoms with Crippen LogP contribution in [0.25, 0.3) is 0 Å².